The van der Waals surface area contributed by atoms with Crippen LogP contribution in [-0.4, -0.2) is 0 Å². The molecular formula is C64H54N2. The van der Waals surface area contributed by atoms with Crippen molar-refractivity contribution in [3.63, 3.8) is 0 Å². The van der Waals surface area contributed by atoms with Crippen LogP contribution < -0.4 is 9.80 Å². The number of rotatable bonds is 12. The fourth-order valence-corrected chi connectivity index (χ4v) is 9.33. The molecular weight excluding hydrogens is 797 g/mol. The van der Waals surface area contributed by atoms with Crippen molar-refractivity contribution in [2.45, 2.75) is 38.5 Å². The van der Waals surface area contributed by atoms with Crippen LogP contribution in [0.1, 0.15) is 38.8 Å². The molecule has 10 aromatic carbocycles. The van der Waals surface area contributed by atoms with Crippen molar-refractivity contribution in [2.75, 3.05) is 9.80 Å². The van der Waals surface area contributed by atoms with Crippen LogP contribution in [0.3, 0.4) is 0 Å². The van der Waals surface area contributed by atoms with E-state index >= 15 is 0 Å². The van der Waals surface area contributed by atoms with E-state index in [2.05, 4.69) is 269 Å². The van der Waals surface area contributed by atoms with Crippen molar-refractivity contribution in [3.05, 3.63) is 255 Å². The molecule has 0 radical (unpaired) electrons. The lowest BCUT2D eigenvalue weighted by Gasteiger charge is -2.31. The Morgan fingerprint density at radius 3 is 0.939 bits per heavy atom. The molecule has 10 aromatic rings. The van der Waals surface area contributed by atoms with Crippen molar-refractivity contribution in [2.24, 2.45) is 0 Å². The van der Waals surface area contributed by atoms with Crippen molar-refractivity contribution >= 4 is 66.4 Å². The summed E-state index contributed by atoms with van der Waals surface area (Å²) in [6.07, 6.45) is 4.05. The van der Waals surface area contributed by atoms with Crippen LogP contribution in [0.15, 0.2) is 244 Å². The molecule has 0 aliphatic rings. The average molecular weight is 851 g/mol. The molecule has 0 unspecified atom stereocenters. The highest BCUT2D eigenvalue weighted by atomic mass is 15.1. The van der Waals surface area contributed by atoms with E-state index in [1.54, 1.807) is 0 Å². The number of para-hydroxylation sites is 2. The summed E-state index contributed by atoms with van der Waals surface area (Å²) in [6.45, 7) is 17.2. The van der Waals surface area contributed by atoms with Crippen molar-refractivity contribution in [3.8, 4) is 22.3 Å². The largest absolute Gasteiger partial charge is 0.310 e. The average Bonchev–Trinajstić information content (AvgIpc) is 3.38. The lowest BCUT2D eigenvalue weighted by atomic mass is 9.85. The second-order valence-electron chi connectivity index (χ2n) is 18.4. The van der Waals surface area contributed by atoms with E-state index in [1.165, 1.54) is 54.9 Å². The first kappa shape index (κ1) is 42.0. The highest BCUT2D eigenvalue weighted by molar-refractivity contribution is 6.25. The Morgan fingerprint density at radius 1 is 0.303 bits per heavy atom. The Morgan fingerprint density at radius 2 is 0.606 bits per heavy atom. The standard InChI is InChI=1S/C64H54N2/c1-7-63(3,4)49-31-35-53(36-32-49)65(51-25-17-11-18-26-51)61-43-59-58-42-48(46-23-15-10-16-24-46)30-40-56(58)62(44-60(59)57-41-47(29-39-55(57)61)45-21-13-9-14-22-45)66(52-27-19-12-20-28-52)54-37-33-50(34-38-54)64(5,6)8-2/h7-44H,1-2H2,3-6H3. The van der Waals surface area contributed by atoms with Crippen LogP contribution in [0.5, 0.6) is 0 Å². The number of allylic oxidation sites excluding steroid dienone is 2. The fourth-order valence-electron chi connectivity index (χ4n) is 9.33. The lowest BCUT2D eigenvalue weighted by Crippen LogP contribution is -2.15. The summed E-state index contributed by atoms with van der Waals surface area (Å²) in [5, 5.41) is 7.04. The smallest absolute Gasteiger partial charge is 0.0546 e. The maximum atomic E-state index is 4.15. The summed E-state index contributed by atoms with van der Waals surface area (Å²) in [5.74, 6) is 0. The summed E-state index contributed by atoms with van der Waals surface area (Å²) in [7, 11) is 0. The monoisotopic (exact) mass is 850 g/mol. The first-order valence-electron chi connectivity index (χ1n) is 22.9. The van der Waals surface area contributed by atoms with Gasteiger partial charge in [0.25, 0.3) is 0 Å². The summed E-state index contributed by atoms with van der Waals surface area (Å²) in [4.78, 5) is 4.86. The second kappa shape index (κ2) is 17.2. The van der Waals surface area contributed by atoms with Gasteiger partial charge in [-0.2, -0.15) is 0 Å². The molecule has 0 amide bonds. The third kappa shape index (κ3) is 7.75. The molecule has 0 saturated carbocycles. The molecule has 0 saturated heterocycles. The van der Waals surface area contributed by atoms with Gasteiger partial charge >= 0.3 is 0 Å². The van der Waals surface area contributed by atoms with Gasteiger partial charge < -0.3 is 9.80 Å². The number of hydrogen-bond donors (Lipinski definition) is 0. The third-order valence-electron chi connectivity index (χ3n) is 13.5. The summed E-state index contributed by atoms with van der Waals surface area (Å²) in [5.41, 5.74) is 13.4. The van der Waals surface area contributed by atoms with Crippen LogP contribution in [-0.2, 0) is 10.8 Å². The van der Waals surface area contributed by atoms with Gasteiger partial charge in [-0.05, 0) is 128 Å². The van der Waals surface area contributed by atoms with Gasteiger partial charge in [0.05, 0.1) is 11.4 Å². The van der Waals surface area contributed by atoms with Crippen LogP contribution in [0.2, 0.25) is 0 Å². The third-order valence-corrected chi connectivity index (χ3v) is 13.5. The molecule has 0 aliphatic heterocycles. The van der Waals surface area contributed by atoms with Gasteiger partial charge in [-0.1, -0.05) is 185 Å². The number of anilines is 6. The van der Waals surface area contributed by atoms with E-state index in [1.807, 2.05) is 12.2 Å². The Labute approximate surface area is 390 Å². The molecule has 320 valence electrons. The number of benzene rings is 10. The van der Waals surface area contributed by atoms with E-state index in [0.29, 0.717) is 0 Å². The Kier molecular flexibility index (Phi) is 11.0. The molecule has 0 N–H and O–H groups in total. The highest BCUT2D eigenvalue weighted by Crippen LogP contribution is 2.49. The van der Waals surface area contributed by atoms with Gasteiger partial charge in [0.1, 0.15) is 0 Å². The van der Waals surface area contributed by atoms with Crippen molar-refractivity contribution in [1.29, 1.82) is 0 Å². The van der Waals surface area contributed by atoms with Gasteiger partial charge in [-0.3, -0.25) is 0 Å². The first-order valence-corrected chi connectivity index (χ1v) is 22.9. The molecule has 0 bridgehead atoms. The minimum absolute atomic E-state index is 0.162. The highest BCUT2D eigenvalue weighted by Gasteiger charge is 2.25. The fraction of sp³-hybridized carbons (Fsp3) is 0.0938. The van der Waals surface area contributed by atoms with Gasteiger partial charge in [0, 0.05) is 44.4 Å². The number of fused-ring (bicyclic) bond motifs is 5. The van der Waals surface area contributed by atoms with Crippen LogP contribution >= 0.6 is 0 Å². The Bertz CT molecular complexity index is 3120. The van der Waals surface area contributed by atoms with Gasteiger partial charge in [-0.25, -0.2) is 0 Å². The van der Waals surface area contributed by atoms with Crippen molar-refractivity contribution in [1.82, 2.24) is 0 Å². The molecule has 0 spiro atoms. The predicted octanol–water partition coefficient (Wildman–Crippen LogP) is 18.3. The maximum Gasteiger partial charge on any atom is 0.0546 e. The van der Waals surface area contributed by atoms with E-state index in [-0.39, 0.29) is 10.8 Å². The second-order valence-corrected chi connectivity index (χ2v) is 18.4. The molecule has 2 nitrogen and oxygen atoms in total. The summed E-state index contributed by atoms with van der Waals surface area (Å²) < 4.78 is 0. The summed E-state index contributed by atoms with van der Waals surface area (Å²) in [6, 6.07) is 80.0. The Hall–Kier alpha value is -7.94. The summed E-state index contributed by atoms with van der Waals surface area (Å²) >= 11 is 0. The van der Waals surface area contributed by atoms with E-state index in [0.717, 1.165) is 44.9 Å². The van der Waals surface area contributed by atoms with E-state index < -0.39 is 0 Å². The molecule has 0 aromatic heterocycles. The van der Waals surface area contributed by atoms with E-state index in [4.69, 9.17) is 0 Å². The van der Waals surface area contributed by atoms with Crippen molar-refractivity contribution < 1.29 is 0 Å². The number of nitrogens with zero attached hydrogens (tertiary/aromatic N) is 2. The van der Waals surface area contributed by atoms with Gasteiger partial charge in [-0.15, -0.1) is 13.2 Å². The first-order chi connectivity index (χ1) is 32.1. The van der Waals surface area contributed by atoms with Crippen LogP contribution in [0, 0.1) is 0 Å². The number of hydrogen-bond acceptors (Lipinski definition) is 2. The molecule has 0 fully saturated rings. The van der Waals surface area contributed by atoms with Gasteiger partial charge in [0.2, 0.25) is 0 Å². The SMILES string of the molecule is C=CC(C)(C)c1ccc(N(c2ccccc2)c2cc3c4cc(-c5ccccc5)ccc4c(N(c4ccccc4)c4ccc(C(C)(C)C=C)cc4)cc3c3cc(-c4ccccc4)ccc23)cc1. The lowest BCUT2D eigenvalue weighted by molar-refractivity contribution is 0.672. The zero-order chi connectivity index (χ0) is 45.4. The Balaban J connectivity index is 1.33. The molecule has 0 atom stereocenters. The molecule has 0 heterocycles. The zero-order valence-corrected chi connectivity index (χ0v) is 38.2. The van der Waals surface area contributed by atoms with E-state index in [9.17, 15) is 0 Å². The molecule has 0 aliphatic carbocycles. The quantitative estimate of drug-likeness (QED) is 0.0892. The molecule has 66 heavy (non-hydrogen) atoms. The normalized spacial score (nSPS) is 11.8. The minimum Gasteiger partial charge on any atom is -0.310 e. The molecule has 2 heteroatoms. The minimum atomic E-state index is -0.162. The predicted molar refractivity (Wildman–Crippen MR) is 286 cm³/mol. The van der Waals surface area contributed by atoms with Crippen LogP contribution in [0.4, 0.5) is 34.1 Å². The maximum absolute atomic E-state index is 4.15. The van der Waals surface area contributed by atoms with Crippen LogP contribution in [0.25, 0.3) is 54.6 Å². The van der Waals surface area contributed by atoms with Gasteiger partial charge in [0.15, 0.2) is 0 Å². The zero-order valence-electron chi connectivity index (χ0n) is 38.2. The topological polar surface area (TPSA) is 6.48 Å². The molecule has 10 rings (SSSR count).